The molecule has 11 nitrogen and oxygen atoms in total. The van der Waals surface area contributed by atoms with Crippen LogP contribution < -0.4 is 15.4 Å². The first-order chi connectivity index (χ1) is 19.7. The molecule has 1 aromatic rings. The van der Waals surface area contributed by atoms with Gasteiger partial charge in [0.1, 0.15) is 17.4 Å². The van der Waals surface area contributed by atoms with Gasteiger partial charge in [-0.3, -0.25) is 19.3 Å². The lowest BCUT2D eigenvalue weighted by atomic mass is 9.62. The lowest BCUT2D eigenvalue weighted by molar-refractivity contribution is -0.146. The molecule has 3 amide bonds. The van der Waals surface area contributed by atoms with Gasteiger partial charge in [0.05, 0.1) is 37.3 Å². The van der Waals surface area contributed by atoms with Crippen LogP contribution in [0.2, 0.25) is 0 Å². The molecule has 3 unspecified atom stereocenters. The molecule has 0 saturated carbocycles. The van der Waals surface area contributed by atoms with Gasteiger partial charge in [0.15, 0.2) is 0 Å². The summed E-state index contributed by atoms with van der Waals surface area (Å²) >= 11 is 0. The van der Waals surface area contributed by atoms with Crippen molar-refractivity contribution < 1.29 is 33.7 Å². The number of nitrogens with one attached hydrogen (secondary N) is 2. The van der Waals surface area contributed by atoms with Gasteiger partial charge in [-0.25, -0.2) is 0 Å². The van der Waals surface area contributed by atoms with Crippen LogP contribution in [-0.2, 0) is 23.9 Å². The molecule has 6 atom stereocenters. The zero-order valence-electron chi connectivity index (χ0n) is 24.4. The van der Waals surface area contributed by atoms with Crippen LogP contribution >= 0.6 is 0 Å². The second kappa shape index (κ2) is 12.2. The van der Waals surface area contributed by atoms with E-state index in [0.717, 1.165) is 13.1 Å². The van der Waals surface area contributed by atoms with E-state index in [0.29, 0.717) is 70.2 Å². The molecule has 4 aliphatic rings. The number of rotatable bonds is 12. The topological polar surface area (TPSA) is 130 Å². The van der Waals surface area contributed by atoms with Crippen molar-refractivity contribution in [1.29, 1.82) is 0 Å². The number of fused-ring (bicyclic) bond motifs is 1. The molecule has 11 heteroatoms. The zero-order chi connectivity index (χ0) is 29.2. The number of aliphatic hydroxyl groups is 1. The Bertz CT molecular complexity index is 1110. The molecule has 4 aliphatic heterocycles. The largest absolute Gasteiger partial charge is 0.494 e. The van der Waals surface area contributed by atoms with Gasteiger partial charge in [0.25, 0.3) is 0 Å². The molecular weight excluding hydrogens is 528 g/mol. The average Bonchev–Trinajstić information content (AvgIpc) is 3.47. The minimum Gasteiger partial charge on any atom is -0.494 e. The lowest BCUT2D eigenvalue weighted by Gasteiger charge is -2.36. The molecular formula is C30H44N4O7. The molecule has 1 aromatic carbocycles. The zero-order valence-corrected chi connectivity index (χ0v) is 24.4. The fraction of sp³-hybridized carbons (Fsp3) is 0.700. The third-order valence-electron chi connectivity index (χ3n) is 9.42. The number of anilines is 1. The second-order valence-corrected chi connectivity index (χ2v) is 11.9. The second-order valence-electron chi connectivity index (χ2n) is 11.9. The van der Waals surface area contributed by atoms with E-state index in [2.05, 4.69) is 15.5 Å². The SMILES string of the molecule is CCOc1ccc(NC(=O)[C@@H]2[C@H]3C(=O)N(CCCCO)C(C(=O)NCCN4CCOCC4)C34CC(C)[C@@]2(C)O4)cc1. The molecule has 0 aromatic heterocycles. The monoisotopic (exact) mass is 572 g/mol. The summed E-state index contributed by atoms with van der Waals surface area (Å²) in [5.74, 6) is -1.61. The van der Waals surface area contributed by atoms with Crippen molar-refractivity contribution in [3.05, 3.63) is 24.3 Å². The highest BCUT2D eigenvalue weighted by Crippen LogP contribution is 2.65. The first kappa shape index (κ1) is 29.8. The van der Waals surface area contributed by atoms with E-state index < -0.39 is 29.1 Å². The number of unbranched alkanes of at least 4 members (excludes halogenated alkanes) is 1. The number of carbonyl (C=O) groups excluding carboxylic acids is 3. The van der Waals surface area contributed by atoms with Crippen LogP contribution in [0.5, 0.6) is 5.75 Å². The van der Waals surface area contributed by atoms with Crippen molar-refractivity contribution in [2.45, 2.75) is 57.3 Å². The quantitative estimate of drug-likeness (QED) is 0.319. The fourth-order valence-electron chi connectivity index (χ4n) is 7.35. The van der Waals surface area contributed by atoms with E-state index >= 15 is 0 Å². The van der Waals surface area contributed by atoms with Crippen molar-refractivity contribution in [1.82, 2.24) is 15.1 Å². The smallest absolute Gasteiger partial charge is 0.245 e. The van der Waals surface area contributed by atoms with Crippen molar-refractivity contribution in [2.24, 2.45) is 17.8 Å². The molecule has 4 saturated heterocycles. The number of amides is 3. The summed E-state index contributed by atoms with van der Waals surface area (Å²) in [6, 6.07) is 6.31. The Hall–Kier alpha value is -2.73. The van der Waals surface area contributed by atoms with Crippen molar-refractivity contribution in [3.63, 3.8) is 0 Å². The Morgan fingerprint density at radius 2 is 1.85 bits per heavy atom. The molecule has 0 radical (unpaired) electrons. The Morgan fingerprint density at radius 1 is 1.12 bits per heavy atom. The van der Waals surface area contributed by atoms with E-state index in [1.807, 2.05) is 20.8 Å². The Labute approximate surface area is 241 Å². The van der Waals surface area contributed by atoms with Gasteiger partial charge in [-0.1, -0.05) is 6.92 Å². The predicted molar refractivity (Wildman–Crippen MR) is 151 cm³/mol. The van der Waals surface area contributed by atoms with Crippen LogP contribution in [0.25, 0.3) is 0 Å². The fourth-order valence-corrected chi connectivity index (χ4v) is 7.35. The molecule has 5 rings (SSSR count). The van der Waals surface area contributed by atoms with Gasteiger partial charge < -0.3 is 34.9 Å². The number of carbonyl (C=O) groups is 3. The first-order valence-corrected chi connectivity index (χ1v) is 15.0. The summed E-state index contributed by atoms with van der Waals surface area (Å²) < 4.78 is 17.7. The van der Waals surface area contributed by atoms with E-state index in [4.69, 9.17) is 14.2 Å². The Balaban J connectivity index is 1.38. The Morgan fingerprint density at radius 3 is 2.54 bits per heavy atom. The third-order valence-corrected chi connectivity index (χ3v) is 9.42. The van der Waals surface area contributed by atoms with Gasteiger partial charge in [0, 0.05) is 45.0 Å². The van der Waals surface area contributed by atoms with Crippen LogP contribution in [0.1, 0.15) is 40.0 Å². The maximum Gasteiger partial charge on any atom is 0.245 e. The summed E-state index contributed by atoms with van der Waals surface area (Å²) in [5, 5.41) is 15.4. The van der Waals surface area contributed by atoms with Gasteiger partial charge in [-0.15, -0.1) is 0 Å². The molecule has 0 aliphatic carbocycles. The van der Waals surface area contributed by atoms with Crippen LogP contribution in [0.3, 0.4) is 0 Å². The number of hydrogen-bond acceptors (Lipinski definition) is 8. The van der Waals surface area contributed by atoms with E-state index in [-0.39, 0.29) is 30.2 Å². The van der Waals surface area contributed by atoms with Crippen LogP contribution in [-0.4, -0.2) is 109 Å². The summed E-state index contributed by atoms with van der Waals surface area (Å²) in [5.41, 5.74) is -1.37. The van der Waals surface area contributed by atoms with E-state index in [1.54, 1.807) is 29.2 Å². The van der Waals surface area contributed by atoms with Crippen molar-refractivity contribution in [2.75, 3.05) is 64.5 Å². The number of benzene rings is 1. The molecule has 41 heavy (non-hydrogen) atoms. The van der Waals surface area contributed by atoms with E-state index in [1.165, 1.54) is 0 Å². The predicted octanol–water partition coefficient (Wildman–Crippen LogP) is 1.26. The number of hydrogen-bond donors (Lipinski definition) is 3. The third kappa shape index (κ3) is 5.45. The Kier molecular flexibility index (Phi) is 8.89. The van der Waals surface area contributed by atoms with Gasteiger partial charge >= 0.3 is 0 Å². The minimum atomic E-state index is -1.09. The van der Waals surface area contributed by atoms with Crippen LogP contribution in [0, 0.1) is 17.8 Å². The van der Waals surface area contributed by atoms with Crippen molar-refractivity contribution >= 4 is 23.4 Å². The molecule has 1 spiro atoms. The summed E-state index contributed by atoms with van der Waals surface area (Å²) in [4.78, 5) is 45.7. The molecule has 2 bridgehead atoms. The highest BCUT2D eigenvalue weighted by atomic mass is 16.5. The van der Waals surface area contributed by atoms with Gasteiger partial charge in [-0.2, -0.15) is 0 Å². The normalized spacial score (nSPS) is 32.7. The summed E-state index contributed by atoms with van der Waals surface area (Å²) in [6.45, 7) is 10.9. The highest BCUT2D eigenvalue weighted by Gasteiger charge is 2.79. The van der Waals surface area contributed by atoms with Gasteiger partial charge in [0.2, 0.25) is 17.7 Å². The number of morpholine rings is 1. The molecule has 4 fully saturated rings. The summed E-state index contributed by atoms with van der Waals surface area (Å²) in [6.07, 6.45) is 1.59. The van der Waals surface area contributed by atoms with Crippen molar-refractivity contribution in [3.8, 4) is 5.75 Å². The number of nitrogens with zero attached hydrogens (tertiary/aromatic N) is 2. The maximum absolute atomic E-state index is 14.1. The summed E-state index contributed by atoms with van der Waals surface area (Å²) in [7, 11) is 0. The molecule has 4 heterocycles. The van der Waals surface area contributed by atoms with Crippen LogP contribution in [0.4, 0.5) is 5.69 Å². The number of likely N-dealkylation sites (tertiary alicyclic amines) is 1. The highest BCUT2D eigenvalue weighted by molar-refractivity contribution is 6.02. The lowest BCUT2D eigenvalue weighted by Crippen LogP contribution is -2.56. The standard InChI is InChI=1S/C30H44N4O7/c1-4-40-22-9-7-21(8-10-22)32-26(36)23-24-28(38)34(12-5-6-16-35)25(30(24)19-20(2)29(23,3)41-30)27(37)31-11-13-33-14-17-39-18-15-33/h7-10,20,23-25,35H,4-6,11-19H2,1-3H3,(H,31,37)(H,32,36)/t20?,23-,24-,25?,29+,30?/m0/s1. The molecule has 3 N–H and O–H groups in total. The first-order valence-electron chi connectivity index (χ1n) is 15.0. The number of aliphatic hydroxyl groups excluding tert-OH is 1. The van der Waals surface area contributed by atoms with Gasteiger partial charge in [-0.05, 0) is 63.3 Å². The average molecular weight is 573 g/mol. The van der Waals surface area contributed by atoms with E-state index in [9.17, 15) is 19.5 Å². The number of ether oxygens (including phenoxy) is 3. The minimum absolute atomic E-state index is 0.00569. The van der Waals surface area contributed by atoms with Crippen LogP contribution in [0.15, 0.2) is 24.3 Å². The molecule has 226 valence electrons. The maximum atomic E-state index is 14.1.